The zero-order valence-electron chi connectivity index (χ0n) is 14.3. The van der Waals surface area contributed by atoms with Gasteiger partial charge in [-0.25, -0.2) is 0 Å². The zero-order valence-corrected chi connectivity index (χ0v) is 14.3. The van der Waals surface area contributed by atoms with Crippen LogP contribution in [0, 0.1) is 0 Å². The molecule has 120 valence electrons. The molecule has 0 aliphatic carbocycles. The van der Waals surface area contributed by atoms with Crippen molar-refractivity contribution in [1.29, 1.82) is 0 Å². The Morgan fingerprint density at radius 3 is 1.80 bits per heavy atom. The van der Waals surface area contributed by atoms with Crippen molar-refractivity contribution in [2.24, 2.45) is 0 Å². The molecule has 0 amide bonds. The standard InChI is InChI=1S/C17H35NO2/c1-6-11-17(5,12-7-2)20-16(19)10-15-18(13-8-3)14-9-4/h6-15H2,1-5H3. The molecule has 0 aliphatic rings. The monoisotopic (exact) mass is 285 g/mol. The molecule has 0 aromatic carbocycles. The van der Waals surface area contributed by atoms with Gasteiger partial charge in [0, 0.05) is 6.54 Å². The van der Waals surface area contributed by atoms with Crippen molar-refractivity contribution in [2.45, 2.75) is 85.2 Å². The molecule has 0 aromatic heterocycles. The average Bonchev–Trinajstić information content (AvgIpc) is 2.36. The number of hydrogen-bond acceptors (Lipinski definition) is 3. The minimum absolute atomic E-state index is 0.0355. The molecule has 20 heavy (non-hydrogen) atoms. The van der Waals surface area contributed by atoms with E-state index in [0.29, 0.717) is 6.42 Å². The smallest absolute Gasteiger partial charge is 0.307 e. The third-order valence-electron chi connectivity index (χ3n) is 3.63. The summed E-state index contributed by atoms with van der Waals surface area (Å²) in [4.78, 5) is 14.4. The van der Waals surface area contributed by atoms with Gasteiger partial charge in [-0.3, -0.25) is 4.79 Å². The fraction of sp³-hybridized carbons (Fsp3) is 0.941. The Hall–Kier alpha value is -0.570. The highest BCUT2D eigenvalue weighted by Crippen LogP contribution is 2.24. The first-order valence-corrected chi connectivity index (χ1v) is 8.45. The lowest BCUT2D eigenvalue weighted by atomic mass is 9.95. The van der Waals surface area contributed by atoms with E-state index in [1.807, 2.05) is 0 Å². The van der Waals surface area contributed by atoms with Crippen LogP contribution in [-0.4, -0.2) is 36.1 Å². The first kappa shape index (κ1) is 19.4. The molecule has 0 atom stereocenters. The van der Waals surface area contributed by atoms with Crippen LogP contribution < -0.4 is 0 Å². The molecule has 3 heteroatoms. The molecule has 0 spiro atoms. The van der Waals surface area contributed by atoms with Gasteiger partial charge in [0.05, 0.1) is 6.42 Å². The molecule has 0 aliphatic heterocycles. The van der Waals surface area contributed by atoms with Crippen LogP contribution in [0.25, 0.3) is 0 Å². The number of rotatable bonds is 12. The Balaban J connectivity index is 4.23. The summed E-state index contributed by atoms with van der Waals surface area (Å²) in [7, 11) is 0. The molecule has 0 heterocycles. The summed E-state index contributed by atoms with van der Waals surface area (Å²) < 4.78 is 5.76. The average molecular weight is 285 g/mol. The lowest BCUT2D eigenvalue weighted by molar-refractivity contribution is -0.160. The van der Waals surface area contributed by atoms with Crippen LogP contribution in [0.4, 0.5) is 0 Å². The number of hydrogen-bond donors (Lipinski definition) is 0. The third-order valence-corrected chi connectivity index (χ3v) is 3.63. The molecule has 0 saturated carbocycles. The lowest BCUT2D eigenvalue weighted by Gasteiger charge is -2.29. The maximum absolute atomic E-state index is 12.1. The highest BCUT2D eigenvalue weighted by Gasteiger charge is 2.26. The first-order valence-electron chi connectivity index (χ1n) is 8.45. The van der Waals surface area contributed by atoms with Gasteiger partial charge in [-0.05, 0) is 45.7 Å². The van der Waals surface area contributed by atoms with Crippen molar-refractivity contribution >= 4 is 5.97 Å². The number of ether oxygens (including phenoxy) is 1. The van der Waals surface area contributed by atoms with E-state index in [9.17, 15) is 4.79 Å². The number of carbonyl (C=O) groups is 1. The summed E-state index contributed by atoms with van der Waals surface area (Å²) in [5.74, 6) is -0.0355. The van der Waals surface area contributed by atoms with Crippen molar-refractivity contribution in [3.8, 4) is 0 Å². The fourth-order valence-corrected chi connectivity index (χ4v) is 2.83. The molecular formula is C17H35NO2. The second kappa shape index (κ2) is 11.1. The fourth-order valence-electron chi connectivity index (χ4n) is 2.83. The Kier molecular flexibility index (Phi) is 10.8. The third kappa shape index (κ3) is 8.57. The van der Waals surface area contributed by atoms with E-state index < -0.39 is 0 Å². The molecule has 0 unspecified atom stereocenters. The van der Waals surface area contributed by atoms with Crippen molar-refractivity contribution in [3.05, 3.63) is 0 Å². The van der Waals surface area contributed by atoms with E-state index in [-0.39, 0.29) is 11.6 Å². The van der Waals surface area contributed by atoms with Gasteiger partial charge < -0.3 is 9.64 Å². The molecular weight excluding hydrogens is 250 g/mol. The van der Waals surface area contributed by atoms with E-state index in [1.54, 1.807) is 0 Å². The molecule has 0 rings (SSSR count). The van der Waals surface area contributed by atoms with E-state index in [0.717, 1.165) is 58.2 Å². The molecule has 0 N–H and O–H groups in total. The van der Waals surface area contributed by atoms with E-state index in [1.165, 1.54) is 0 Å². The van der Waals surface area contributed by atoms with Crippen LogP contribution in [0.1, 0.15) is 79.6 Å². The normalized spacial score (nSPS) is 11.9. The Morgan fingerprint density at radius 1 is 0.900 bits per heavy atom. The van der Waals surface area contributed by atoms with Gasteiger partial charge in [0.1, 0.15) is 5.60 Å². The Morgan fingerprint density at radius 2 is 1.40 bits per heavy atom. The van der Waals surface area contributed by atoms with Crippen LogP contribution in [0.3, 0.4) is 0 Å². The maximum Gasteiger partial charge on any atom is 0.307 e. The molecule has 0 fully saturated rings. The Bertz CT molecular complexity index is 241. The quantitative estimate of drug-likeness (QED) is 0.498. The van der Waals surface area contributed by atoms with Crippen LogP contribution in [0.5, 0.6) is 0 Å². The minimum atomic E-state index is -0.263. The van der Waals surface area contributed by atoms with Crippen molar-refractivity contribution < 1.29 is 9.53 Å². The van der Waals surface area contributed by atoms with Crippen LogP contribution >= 0.6 is 0 Å². The van der Waals surface area contributed by atoms with Gasteiger partial charge >= 0.3 is 5.97 Å². The molecule has 0 radical (unpaired) electrons. The van der Waals surface area contributed by atoms with Gasteiger partial charge in [-0.2, -0.15) is 0 Å². The van der Waals surface area contributed by atoms with Gasteiger partial charge in [0.15, 0.2) is 0 Å². The van der Waals surface area contributed by atoms with Gasteiger partial charge in [-0.1, -0.05) is 40.5 Å². The van der Waals surface area contributed by atoms with Crippen LogP contribution in [-0.2, 0) is 9.53 Å². The second-order valence-electron chi connectivity index (χ2n) is 6.02. The number of esters is 1. The van der Waals surface area contributed by atoms with Gasteiger partial charge in [-0.15, -0.1) is 0 Å². The van der Waals surface area contributed by atoms with Crippen LogP contribution in [0.15, 0.2) is 0 Å². The topological polar surface area (TPSA) is 29.5 Å². The van der Waals surface area contributed by atoms with Gasteiger partial charge in [0.2, 0.25) is 0 Å². The van der Waals surface area contributed by atoms with Crippen molar-refractivity contribution in [3.63, 3.8) is 0 Å². The Labute approximate surface area is 126 Å². The molecule has 0 aromatic rings. The summed E-state index contributed by atoms with van der Waals surface area (Å²) in [5, 5.41) is 0. The van der Waals surface area contributed by atoms with Gasteiger partial charge in [0.25, 0.3) is 0 Å². The largest absolute Gasteiger partial charge is 0.459 e. The maximum atomic E-state index is 12.1. The summed E-state index contributed by atoms with van der Waals surface area (Å²) in [6.45, 7) is 13.7. The predicted molar refractivity (Wildman–Crippen MR) is 86.0 cm³/mol. The van der Waals surface area contributed by atoms with E-state index in [2.05, 4.69) is 39.5 Å². The van der Waals surface area contributed by atoms with Crippen LogP contribution in [0.2, 0.25) is 0 Å². The van der Waals surface area contributed by atoms with Crippen molar-refractivity contribution in [2.75, 3.05) is 19.6 Å². The SMILES string of the molecule is CCCN(CCC)CCC(=O)OC(C)(CCC)CCC. The minimum Gasteiger partial charge on any atom is -0.459 e. The highest BCUT2D eigenvalue weighted by molar-refractivity contribution is 5.70. The van der Waals surface area contributed by atoms with E-state index >= 15 is 0 Å². The van der Waals surface area contributed by atoms with Crippen molar-refractivity contribution in [1.82, 2.24) is 4.90 Å². The second-order valence-corrected chi connectivity index (χ2v) is 6.02. The molecule has 0 bridgehead atoms. The molecule has 0 saturated heterocycles. The summed E-state index contributed by atoms with van der Waals surface area (Å²) >= 11 is 0. The molecule has 3 nitrogen and oxygen atoms in total. The number of carbonyl (C=O) groups excluding carboxylic acids is 1. The highest BCUT2D eigenvalue weighted by atomic mass is 16.6. The lowest BCUT2D eigenvalue weighted by Crippen LogP contribution is -2.34. The summed E-state index contributed by atoms with van der Waals surface area (Å²) in [6, 6.07) is 0. The summed E-state index contributed by atoms with van der Waals surface area (Å²) in [6.07, 6.45) is 6.82. The summed E-state index contributed by atoms with van der Waals surface area (Å²) in [5.41, 5.74) is -0.263. The van der Waals surface area contributed by atoms with E-state index in [4.69, 9.17) is 4.74 Å². The number of nitrogens with zero attached hydrogens (tertiary/aromatic N) is 1. The first-order chi connectivity index (χ1) is 9.51. The predicted octanol–water partition coefficient (Wildman–Crippen LogP) is 4.40. The zero-order chi connectivity index (χ0) is 15.4.